The van der Waals surface area contributed by atoms with Gasteiger partial charge in [0.1, 0.15) is 18.1 Å². The Morgan fingerprint density at radius 1 is 0.692 bits per heavy atom. The summed E-state index contributed by atoms with van der Waals surface area (Å²) in [6.07, 6.45) is -0.224. The molecule has 0 radical (unpaired) electrons. The molecule has 0 spiro atoms. The fourth-order valence-electron chi connectivity index (χ4n) is 0.973. The average molecular weight is 381 g/mol. The molecule has 0 saturated heterocycles. The van der Waals surface area contributed by atoms with Crippen molar-refractivity contribution in [3.63, 3.8) is 0 Å². The number of rotatable bonds is 8. The van der Waals surface area contributed by atoms with Crippen LogP contribution in [-0.2, 0) is 19.2 Å². The van der Waals surface area contributed by atoms with Gasteiger partial charge < -0.3 is 37.6 Å². The monoisotopic (exact) mass is 381 g/mol. The van der Waals surface area contributed by atoms with Crippen LogP contribution in [0.15, 0.2) is 0 Å². The zero-order chi connectivity index (χ0) is 21.6. The largest absolute Gasteiger partial charge is 0.481 e. The molecule has 0 aromatic carbocycles. The van der Waals surface area contributed by atoms with E-state index in [0.717, 1.165) is 0 Å². The lowest BCUT2D eigenvalue weighted by Gasteiger charge is -2.07. The van der Waals surface area contributed by atoms with Gasteiger partial charge in [-0.15, -0.1) is 0 Å². The first kappa shape index (κ1) is 28.6. The van der Waals surface area contributed by atoms with Crippen molar-refractivity contribution >= 4 is 23.9 Å². The van der Waals surface area contributed by atoms with Crippen molar-refractivity contribution in [2.24, 2.45) is 29.0 Å². The summed E-state index contributed by atoms with van der Waals surface area (Å²) in [4.78, 5) is 39.9. The van der Waals surface area contributed by atoms with Crippen LogP contribution in [0.3, 0.4) is 0 Å². The maximum atomic E-state index is 10.0. The maximum Gasteiger partial charge on any atom is 0.320 e. The first-order valence-corrected chi connectivity index (χ1v) is 7.81. The van der Waals surface area contributed by atoms with E-state index < -0.39 is 42.0 Å². The Morgan fingerprint density at radius 3 is 1.12 bits per heavy atom. The molecule has 0 heterocycles. The van der Waals surface area contributed by atoms with Crippen LogP contribution in [0.25, 0.3) is 0 Å². The Bertz CT molecular complexity index is 430. The van der Waals surface area contributed by atoms with Gasteiger partial charge in [0.15, 0.2) is 0 Å². The summed E-state index contributed by atoms with van der Waals surface area (Å²) in [6.45, 7) is 7.11. The minimum absolute atomic E-state index is 0.0208. The molecule has 3 atom stereocenters. The molecule has 3 unspecified atom stereocenters. The van der Waals surface area contributed by atoms with Gasteiger partial charge in [-0.05, 0) is 18.3 Å². The SMILES string of the molecule is CC(C)C(N)C(=O)O.CC(C)C(N)C(=O)O.NC(CCC(=O)O)C(=O)O. The highest BCUT2D eigenvalue weighted by Gasteiger charge is 2.15. The molecule has 0 bridgehead atoms. The standard InChI is InChI=1S/C5H9NO4.2C5H11NO2/c6-3(5(9)10)1-2-4(7)8;2*1-3(2)4(6)5(7)8/h3H,1-2,6H2,(H,7,8)(H,9,10);2*3-4H,6H2,1-2H3,(H,7,8). The molecule has 26 heavy (non-hydrogen) atoms. The van der Waals surface area contributed by atoms with E-state index in [1.54, 1.807) is 27.7 Å². The van der Waals surface area contributed by atoms with Crippen LogP contribution in [0, 0.1) is 11.8 Å². The molecule has 0 amide bonds. The number of hydrogen-bond donors (Lipinski definition) is 7. The average Bonchev–Trinajstić information content (AvgIpc) is 2.51. The van der Waals surface area contributed by atoms with Crippen LogP contribution in [0.4, 0.5) is 0 Å². The minimum atomic E-state index is -1.17. The lowest BCUT2D eigenvalue weighted by atomic mass is 10.1. The topological polar surface area (TPSA) is 227 Å². The third-order valence-corrected chi connectivity index (χ3v) is 2.99. The van der Waals surface area contributed by atoms with Crippen LogP contribution in [-0.4, -0.2) is 62.4 Å². The predicted molar refractivity (Wildman–Crippen MR) is 93.4 cm³/mol. The minimum Gasteiger partial charge on any atom is -0.481 e. The third-order valence-electron chi connectivity index (χ3n) is 2.99. The highest BCUT2D eigenvalue weighted by atomic mass is 16.4. The van der Waals surface area contributed by atoms with E-state index in [2.05, 4.69) is 0 Å². The normalized spacial score (nSPS) is 13.4. The van der Waals surface area contributed by atoms with Crippen LogP contribution < -0.4 is 17.2 Å². The molecule has 10 N–H and O–H groups in total. The van der Waals surface area contributed by atoms with Crippen LogP contribution >= 0.6 is 0 Å². The second-order valence-electron chi connectivity index (χ2n) is 6.09. The molecule has 0 aliphatic rings. The van der Waals surface area contributed by atoms with E-state index in [0.29, 0.717) is 0 Å². The fourth-order valence-corrected chi connectivity index (χ4v) is 0.973. The van der Waals surface area contributed by atoms with Gasteiger partial charge >= 0.3 is 23.9 Å². The summed E-state index contributed by atoms with van der Waals surface area (Å²) in [5.74, 6) is -4.02. The summed E-state index contributed by atoms with van der Waals surface area (Å²) in [7, 11) is 0. The summed E-state index contributed by atoms with van der Waals surface area (Å²) < 4.78 is 0. The molecular formula is C15H31N3O8. The second-order valence-corrected chi connectivity index (χ2v) is 6.09. The molecule has 0 saturated carbocycles. The van der Waals surface area contributed by atoms with Crippen molar-refractivity contribution in [2.75, 3.05) is 0 Å². The number of aliphatic carboxylic acids is 4. The van der Waals surface area contributed by atoms with E-state index in [4.69, 9.17) is 37.6 Å². The number of hydrogen-bond acceptors (Lipinski definition) is 7. The highest BCUT2D eigenvalue weighted by molar-refractivity contribution is 5.74. The molecule has 0 rings (SSSR count). The molecule has 0 aromatic rings. The second kappa shape index (κ2) is 15.0. The molecule has 0 aliphatic heterocycles. The Labute approximate surface area is 152 Å². The van der Waals surface area contributed by atoms with Crippen LogP contribution in [0.1, 0.15) is 40.5 Å². The summed E-state index contributed by atoms with van der Waals surface area (Å²) >= 11 is 0. The summed E-state index contributed by atoms with van der Waals surface area (Å²) in [6, 6.07) is -2.49. The van der Waals surface area contributed by atoms with Gasteiger partial charge in [-0.2, -0.15) is 0 Å². The zero-order valence-electron chi connectivity index (χ0n) is 15.5. The number of carbonyl (C=O) groups is 4. The number of nitrogens with two attached hydrogens (primary N) is 3. The van der Waals surface area contributed by atoms with Gasteiger partial charge in [-0.3, -0.25) is 19.2 Å². The lowest BCUT2D eigenvalue weighted by molar-refractivity contribution is -0.141. The van der Waals surface area contributed by atoms with Gasteiger partial charge in [-0.1, -0.05) is 27.7 Å². The lowest BCUT2D eigenvalue weighted by Crippen LogP contribution is -2.34. The van der Waals surface area contributed by atoms with Crippen molar-refractivity contribution < 1.29 is 39.6 Å². The van der Waals surface area contributed by atoms with Gasteiger partial charge in [0.25, 0.3) is 0 Å². The quantitative estimate of drug-likeness (QED) is 0.280. The first-order chi connectivity index (χ1) is 11.6. The van der Waals surface area contributed by atoms with Crippen molar-refractivity contribution in [1.82, 2.24) is 0 Å². The molecular weight excluding hydrogens is 350 g/mol. The van der Waals surface area contributed by atoms with Gasteiger partial charge in [0, 0.05) is 6.42 Å². The summed E-state index contributed by atoms with van der Waals surface area (Å²) in [5.41, 5.74) is 15.3. The number of carboxylic acid groups (broad SMARTS) is 4. The molecule has 11 nitrogen and oxygen atoms in total. The van der Waals surface area contributed by atoms with E-state index in [1.165, 1.54) is 0 Å². The van der Waals surface area contributed by atoms with E-state index in [9.17, 15) is 19.2 Å². The van der Waals surface area contributed by atoms with Crippen molar-refractivity contribution in [2.45, 2.75) is 58.7 Å². The maximum absolute atomic E-state index is 10.0. The fraction of sp³-hybridized carbons (Fsp3) is 0.733. The first-order valence-electron chi connectivity index (χ1n) is 7.81. The van der Waals surface area contributed by atoms with Gasteiger partial charge in [0.2, 0.25) is 0 Å². The zero-order valence-corrected chi connectivity index (χ0v) is 15.5. The summed E-state index contributed by atoms with van der Waals surface area (Å²) in [5, 5.41) is 32.7. The Morgan fingerprint density at radius 2 is 1.00 bits per heavy atom. The Hall–Kier alpha value is -2.24. The molecule has 0 aromatic heterocycles. The molecule has 0 fully saturated rings. The van der Waals surface area contributed by atoms with Crippen molar-refractivity contribution in [1.29, 1.82) is 0 Å². The van der Waals surface area contributed by atoms with E-state index in [-0.39, 0.29) is 24.7 Å². The van der Waals surface area contributed by atoms with Crippen molar-refractivity contribution in [3.05, 3.63) is 0 Å². The Balaban J connectivity index is -0.000000308. The third kappa shape index (κ3) is 18.1. The van der Waals surface area contributed by atoms with Gasteiger partial charge in [0.05, 0.1) is 0 Å². The van der Waals surface area contributed by atoms with Crippen LogP contribution in [0.2, 0.25) is 0 Å². The predicted octanol–water partition coefficient (Wildman–Crippen LogP) is -0.628. The molecule has 154 valence electrons. The van der Waals surface area contributed by atoms with E-state index in [1.807, 2.05) is 0 Å². The smallest absolute Gasteiger partial charge is 0.320 e. The molecule has 11 heteroatoms. The van der Waals surface area contributed by atoms with Crippen LogP contribution in [0.5, 0.6) is 0 Å². The van der Waals surface area contributed by atoms with E-state index >= 15 is 0 Å². The van der Waals surface area contributed by atoms with Gasteiger partial charge in [-0.25, -0.2) is 0 Å². The Kier molecular flexibility index (Phi) is 16.5. The molecule has 0 aliphatic carbocycles. The highest BCUT2D eigenvalue weighted by Crippen LogP contribution is 1.97. The van der Waals surface area contributed by atoms with Crippen molar-refractivity contribution in [3.8, 4) is 0 Å². The number of carboxylic acids is 4.